The van der Waals surface area contributed by atoms with Gasteiger partial charge in [0.1, 0.15) is 18.2 Å². The summed E-state index contributed by atoms with van der Waals surface area (Å²) in [6, 6.07) is 10.1. The molecule has 1 amide bonds. The summed E-state index contributed by atoms with van der Waals surface area (Å²) in [5.41, 5.74) is 8.77. The number of likely N-dealkylation sites (tertiary alicyclic amines) is 1. The Balaban J connectivity index is 1.50. The molecule has 1 aliphatic rings. The highest BCUT2D eigenvalue weighted by Gasteiger charge is 2.25. The van der Waals surface area contributed by atoms with Gasteiger partial charge >= 0.3 is 0 Å². The molecular weight excluding hydrogens is 380 g/mol. The topological polar surface area (TPSA) is 99.2 Å². The molecule has 8 heteroatoms. The lowest BCUT2D eigenvalue weighted by Crippen LogP contribution is -2.41. The summed E-state index contributed by atoms with van der Waals surface area (Å²) >= 11 is 0. The van der Waals surface area contributed by atoms with Crippen LogP contribution in [0.2, 0.25) is 0 Å². The van der Waals surface area contributed by atoms with E-state index in [-0.39, 0.29) is 12.0 Å². The summed E-state index contributed by atoms with van der Waals surface area (Å²) in [7, 11) is 0. The van der Waals surface area contributed by atoms with Crippen molar-refractivity contribution >= 4 is 11.7 Å². The second-order valence-electron chi connectivity index (χ2n) is 7.20. The summed E-state index contributed by atoms with van der Waals surface area (Å²) in [5, 5.41) is 4.45. The molecule has 30 heavy (non-hydrogen) atoms. The third-order valence-corrected chi connectivity index (χ3v) is 5.16. The zero-order valence-electron chi connectivity index (χ0n) is 16.6. The number of nitrogen functional groups attached to an aromatic ring is 1. The number of anilines is 1. The lowest BCUT2D eigenvalue weighted by atomic mass is 10.1. The average molecular weight is 404 g/mol. The minimum atomic E-state index is -0.0498. The van der Waals surface area contributed by atoms with E-state index in [1.54, 1.807) is 11.1 Å². The number of piperidine rings is 1. The summed E-state index contributed by atoms with van der Waals surface area (Å²) < 4.78 is 8.03. The van der Waals surface area contributed by atoms with Crippen LogP contribution in [0.25, 0.3) is 11.1 Å². The predicted molar refractivity (Wildman–Crippen MR) is 114 cm³/mol. The molecule has 0 radical (unpaired) electrons. The molecular formula is C22H24N6O2. The van der Waals surface area contributed by atoms with Gasteiger partial charge in [0.25, 0.3) is 0 Å². The van der Waals surface area contributed by atoms with Crippen molar-refractivity contribution in [3.63, 3.8) is 0 Å². The van der Waals surface area contributed by atoms with Gasteiger partial charge in [-0.2, -0.15) is 5.10 Å². The van der Waals surface area contributed by atoms with Gasteiger partial charge in [-0.3, -0.25) is 9.48 Å². The van der Waals surface area contributed by atoms with Gasteiger partial charge in [-0.05, 0) is 11.6 Å². The number of rotatable bonds is 6. The Morgan fingerprint density at radius 3 is 2.73 bits per heavy atom. The van der Waals surface area contributed by atoms with Gasteiger partial charge in [0, 0.05) is 37.7 Å². The van der Waals surface area contributed by atoms with Crippen LogP contribution in [-0.4, -0.2) is 49.7 Å². The fourth-order valence-electron chi connectivity index (χ4n) is 3.57. The Bertz CT molecular complexity index is 1030. The Labute approximate surface area is 175 Å². The molecule has 4 rings (SSSR count). The number of aromatic nitrogens is 4. The van der Waals surface area contributed by atoms with Crippen molar-refractivity contribution in [3.05, 3.63) is 67.3 Å². The largest absolute Gasteiger partial charge is 0.474 e. The van der Waals surface area contributed by atoms with Crippen LogP contribution in [0.1, 0.15) is 18.4 Å². The zero-order chi connectivity index (χ0) is 20.9. The molecule has 1 aliphatic heterocycles. The molecule has 3 heterocycles. The molecule has 0 saturated carbocycles. The van der Waals surface area contributed by atoms with Crippen LogP contribution in [0.5, 0.6) is 5.88 Å². The fraction of sp³-hybridized carbons (Fsp3) is 0.273. The van der Waals surface area contributed by atoms with Crippen molar-refractivity contribution in [1.29, 1.82) is 0 Å². The van der Waals surface area contributed by atoms with Gasteiger partial charge in [0.05, 0.1) is 18.3 Å². The first-order valence-electron chi connectivity index (χ1n) is 9.89. The van der Waals surface area contributed by atoms with Crippen molar-refractivity contribution in [2.75, 3.05) is 18.8 Å². The van der Waals surface area contributed by atoms with Crippen LogP contribution < -0.4 is 10.5 Å². The first-order valence-corrected chi connectivity index (χ1v) is 9.89. The van der Waals surface area contributed by atoms with Gasteiger partial charge < -0.3 is 15.4 Å². The molecule has 8 nitrogen and oxygen atoms in total. The normalized spacial score (nSPS) is 14.5. The molecule has 1 saturated heterocycles. The Kier molecular flexibility index (Phi) is 5.74. The quantitative estimate of drug-likeness (QED) is 0.634. The van der Waals surface area contributed by atoms with E-state index in [9.17, 15) is 4.79 Å². The van der Waals surface area contributed by atoms with Gasteiger partial charge in [-0.25, -0.2) is 9.97 Å². The van der Waals surface area contributed by atoms with Crippen LogP contribution in [-0.2, 0) is 11.3 Å². The Morgan fingerprint density at radius 2 is 2.00 bits per heavy atom. The summed E-state index contributed by atoms with van der Waals surface area (Å²) in [5.74, 6) is 0.736. The fourth-order valence-corrected chi connectivity index (χ4v) is 3.57. The van der Waals surface area contributed by atoms with Crippen molar-refractivity contribution in [1.82, 2.24) is 24.6 Å². The number of carbonyl (C=O) groups excluding carboxylic acids is 1. The number of amides is 1. The third-order valence-electron chi connectivity index (χ3n) is 5.16. The molecule has 0 unspecified atom stereocenters. The van der Waals surface area contributed by atoms with Crippen LogP contribution >= 0.6 is 0 Å². The zero-order valence-corrected chi connectivity index (χ0v) is 16.6. The van der Waals surface area contributed by atoms with Gasteiger partial charge in [-0.1, -0.05) is 36.9 Å². The molecule has 2 aromatic heterocycles. The summed E-state index contributed by atoms with van der Waals surface area (Å²) in [4.78, 5) is 22.0. The molecule has 154 valence electrons. The average Bonchev–Trinajstić information content (AvgIpc) is 3.22. The highest BCUT2D eigenvalue weighted by atomic mass is 16.5. The summed E-state index contributed by atoms with van der Waals surface area (Å²) in [6.45, 7) is 5.45. The van der Waals surface area contributed by atoms with E-state index in [1.165, 1.54) is 12.4 Å². The van der Waals surface area contributed by atoms with E-state index in [2.05, 4.69) is 33.8 Å². The predicted octanol–water partition coefficient (Wildman–Crippen LogP) is 2.53. The monoisotopic (exact) mass is 404 g/mol. The molecule has 3 aromatic rings. The SMILES string of the molecule is C=CC(=O)N1CCC(Oc2ncnc(N)c2-c2cnn(Cc3ccccc3)c2)CC1. The van der Waals surface area contributed by atoms with E-state index in [0.717, 1.165) is 24.0 Å². The first kappa shape index (κ1) is 19.6. The molecule has 0 bridgehead atoms. The van der Waals surface area contributed by atoms with E-state index in [1.807, 2.05) is 29.1 Å². The van der Waals surface area contributed by atoms with Crippen molar-refractivity contribution < 1.29 is 9.53 Å². The Hall–Kier alpha value is -3.68. The maximum atomic E-state index is 11.8. The number of hydrogen-bond acceptors (Lipinski definition) is 6. The highest BCUT2D eigenvalue weighted by Crippen LogP contribution is 2.33. The number of ether oxygens (including phenoxy) is 1. The number of nitrogens with zero attached hydrogens (tertiary/aromatic N) is 5. The number of hydrogen-bond donors (Lipinski definition) is 1. The van der Waals surface area contributed by atoms with Crippen LogP contribution in [0.15, 0.2) is 61.7 Å². The van der Waals surface area contributed by atoms with E-state index < -0.39 is 0 Å². The van der Waals surface area contributed by atoms with Crippen LogP contribution in [0.4, 0.5) is 5.82 Å². The lowest BCUT2D eigenvalue weighted by molar-refractivity contribution is -0.127. The molecule has 1 aromatic carbocycles. The highest BCUT2D eigenvalue weighted by molar-refractivity contribution is 5.87. The van der Waals surface area contributed by atoms with Crippen LogP contribution in [0.3, 0.4) is 0 Å². The number of benzene rings is 1. The molecule has 0 atom stereocenters. The maximum Gasteiger partial charge on any atom is 0.245 e. The van der Waals surface area contributed by atoms with Crippen molar-refractivity contribution in [3.8, 4) is 17.0 Å². The van der Waals surface area contributed by atoms with Crippen molar-refractivity contribution in [2.24, 2.45) is 0 Å². The van der Waals surface area contributed by atoms with E-state index in [0.29, 0.717) is 36.9 Å². The standard InChI is InChI=1S/C22H24N6O2/c1-2-19(29)27-10-8-18(9-11-27)30-22-20(21(23)24-15-25-22)17-12-26-28(14-17)13-16-6-4-3-5-7-16/h2-7,12,14-15,18H,1,8-11,13H2,(H2,23,24,25). The number of nitrogens with two attached hydrogens (primary N) is 1. The molecule has 0 spiro atoms. The Morgan fingerprint density at radius 1 is 1.23 bits per heavy atom. The minimum Gasteiger partial charge on any atom is -0.474 e. The smallest absolute Gasteiger partial charge is 0.245 e. The maximum absolute atomic E-state index is 11.8. The lowest BCUT2D eigenvalue weighted by Gasteiger charge is -2.31. The molecule has 2 N–H and O–H groups in total. The second-order valence-corrected chi connectivity index (χ2v) is 7.20. The first-order chi connectivity index (χ1) is 14.6. The van der Waals surface area contributed by atoms with Gasteiger partial charge in [0.15, 0.2) is 0 Å². The third kappa shape index (κ3) is 4.32. The van der Waals surface area contributed by atoms with E-state index >= 15 is 0 Å². The minimum absolute atomic E-state index is 0.0497. The number of carbonyl (C=O) groups is 1. The molecule has 1 fully saturated rings. The summed E-state index contributed by atoms with van der Waals surface area (Å²) in [6.07, 6.45) is 7.80. The van der Waals surface area contributed by atoms with Gasteiger partial charge in [0.2, 0.25) is 11.8 Å². The van der Waals surface area contributed by atoms with Crippen LogP contribution in [0, 0.1) is 0 Å². The molecule has 0 aliphatic carbocycles. The van der Waals surface area contributed by atoms with Crippen molar-refractivity contribution in [2.45, 2.75) is 25.5 Å². The van der Waals surface area contributed by atoms with E-state index in [4.69, 9.17) is 10.5 Å². The second kappa shape index (κ2) is 8.77. The van der Waals surface area contributed by atoms with Gasteiger partial charge in [-0.15, -0.1) is 0 Å².